The van der Waals surface area contributed by atoms with E-state index in [2.05, 4.69) is 23.8 Å². The van der Waals surface area contributed by atoms with E-state index >= 15 is 0 Å². The van der Waals surface area contributed by atoms with Gasteiger partial charge >= 0.3 is 0 Å². The molecule has 2 nitrogen and oxygen atoms in total. The molecule has 0 N–H and O–H groups in total. The van der Waals surface area contributed by atoms with E-state index in [-0.39, 0.29) is 0 Å². The number of nitrogens with zero attached hydrogens (tertiary/aromatic N) is 2. The molecule has 1 aliphatic rings. The lowest BCUT2D eigenvalue weighted by Gasteiger charge is -2.32. The molecule has 1 unspecified atom stereocenters. The third-order valence-electron chi connectivity index (χ3n) is 4.04. The fourth-order valence-electron chi connectivity index (χ4n) is 2.61. The van der Waals surface area contributed by atoms with Crippen molar-refractivity contribution in [2.24, 2.45) is 5.41 Å². The molecule has 0 saturated heterocycles. The Kier molecular flexibility index (Phi) is 2.64. The van der Waals surface area contributed by atoms with Crippen LogP contribution >= 0.6 is 22.9 Å². The predicted octanol–water partition coefficient (Wildman–Crippen LogP) is 4.25. The fraction of sp³-hybridized carbons (Fsp3) is 0.538. The molecule has 0 radical (unpaired) electrons. The molecular weight excluding hydrogens is 252 g/mol. The zero-order valence-electron chi connectivity index (χ0n) is 10.1. The highest BCUT2D eigenvalue weighted by atomic mass is 35.5. The van der Waals surface area contributed by atoms with Crippen LogP contribution in [0.5, 0.6) is 0 Å². The molecule has 0 aromatic carbocycles. The van der Waals surface area contributed by atoms with Crippen LogP contribution in [0.3, 0.4) is 0 Å². The molecular formula is C13H15ClN2S. The van der Waals surface area contributed by atoms with Gasteiger partial charge in [-0.1, -0.05) is 31.9 Å². The summed E-state index contributed by atoms with van der Waals surface area (Å²) < 4.78 is 0. The summed E-state index contributed by atoms with van der Waals surface area (Å²) in [6.45, 7) is 4.67. The summed E-state index contributed by atoms with van der Waals surface area (Å²) in [6.07, 6.45) is 6.32. The lowest BCUT2D eigenvalue weighted by molar-refractivity contribution is 0.271. The second kappa shape index (κ2) is 3.92. The van der Waals surface area contributed by atoms with Gasteiger partial charge in [0.1, 0.15) is 16.3 Å². The summed E-state index contributed by atoms with van der Waals surface area (Å²) >= 11 is 7.99. The van der Waals surface area contributed by atoms with Gasteiger partial charge in [-0.25, -0.2) is 9.97 Å². The van der Waals surface area contributed by atoms with E-state index < -0.39 is 0 Å². The average molecular weight is 267 g/mol. The van der Waals surface area contributed by atoms with Gasteiger partial charge in [-0.2, -0.15) is 0 Å². The van der Waals surface area contributed by atoms with E-state index in [9.17, 15) is 0 Å². The number of aromatic nitrogens is 2. The minimum atomic E-state index is 0.452. The van der Waals surface area contributed by atoms with Crippen LogP contribution in [0.4, 0.5) is 0 Å². The number of hydrogen-bond acceptors (Lipinski definition) is 3. The second-order valence-corrected chi connectivity index (χ2v) is 6.63. The van der Waals surface area contributed by atoms with Crippen molar-refractivity contribution in [1.29, 1.82) is 0 Å². The van der Waals surface area contributed by atoms with E-state index in [4.69, 9.17) is 11.6 Å². The van der Waals surface area contributed by atoms with Gasteiger partial charge in [0.2, 0.25) is 0 Å². The highest BCUT2D eigenvalue weighted by molar-refractivity contribution is 7.19. The van der Waals surface area contributed by atoms with E-state index in [0.717, 1.165) is 23.1 Å². The lowest BCUT2D eigenvalue weighted by atomic mass is 9.74. The zero-order valence-corrected chi connectivity index (χ0v) is 11.7. The van der Waals surface area contributed by atoms with Gasteiger partial charge in [0.25, 0.3) is 0 Å². The quantitative estimate of drug-likeness (QED) is 0.721. The minimum Gasteiger partial charge on any atom is -0.225 e. The van der Waals surface area contributed by atoms with E-state index in [0.29, 0.717) is 10.6 Å². The van der Waals surface area contributed by atoms with Crippen LogP contribution in [-0.4, -0.2) is 9.97 Å². The van der Waals surface area contributed by atoms with Crippen LogP contribution < -0.4 is 0 Å². The van der Waals surface area contributed by atoms with Crippen molar-refractivity contribution < 1.29 is 0 Å². The van der Waals surface area contributed by atoms with Crippen LogP contribution in [0.15, 0.2) is 6.33 Å². The van der Waals surface area contributed by atoms with Crippen molar-refractivity contribution in [3.05, 3.63) is 21.9 Å². The van der Waals surface area contributed by atoms with Crippen LogP contribution in [0.1, 0.15) is 37.1 Å². The maximum Gasteiger partial charge on any atom is 0.141 e. The summed E-state index contributed by atoms with van der Waals surface area (Å²) in [7, 11) is 0. The molecule has 2 aromatic heterocycles. The Morgan fingerprint density at radius 2 is 2.29 bits per heavy atom. The first-order valence-electron chi connectivity index (χ1n) is 6.04. The number of hydrogen-bond donors (Lipinski definition) is 0. The largest absolute Gasteiger partial charge is 0.225 e. The third kappa shape index (κ3) is 1.76. The van der Waals surface area contributed by atoms with Crippen molar-refractivity contribution >= 4 is 33.2 Å². The van der Waals surface area contributed by atoms with Crippen molar-refractivity contribution in [3.63, 3.8) is 0 Å². The molecule has 0 bridgehead atoms. The van der Waals surface area contributed by atoms with Gasteiger partial charge < -0.3 is 0 Å². The minimum absolute atomic E-state index is 0.452. The standard InChI is InChI=1S/C13H15ClN2S/c1-3-13(2)5-4-8-9(6-13)17-12-10(8)11(14)15-7-16-12/h7H,3-6H2,1-2H3. The van der Waals surface area contributed by atoms with Gasteiger partial charge in [-0.15, -0.1) is 11.3 Å². The molecule has 2 heterocycles. The van der Waals surface area contributed by atoms with Crippen molar-refractivity contribution in [3.8, 4) is 0 Å². The molecule has 17 heavy (non-hydrogen) atoms. The summed E-state index contributed by atoms with van der Waals surface area (Å²) in [5.74, 6) is 0. The number of halogens is 1. The molecule has 2 aromatic rings. The summed E-state index contributed by atoms with van der Waals surface area (Å²) in [5.41, 5.74) is 1.86. The number of thiophene rings is 1. The second-order valence-electron chi connectivity index (χ2n) is 5.19. The highest BCUT2D eigenvalue weighted by Gasteiger charge is 2.31. The summed E-state index contributed by atoms with van der Waals surface area (Å²) in [5, 5.41) is 1.72. The molecule has 3 rings (SSSR count). The van der Waals surface area contributed by atoms with Gasteiger partial charge in [0, 0.05) is 4.88 Å². The van der Waals surface area contributed by atoms with Crippen molar-refractivity contribution in [2.75, 3.05) is 0 Å². The molecule has 0 fully saturated rings. The first kappa shape index (κ1) is 11.4. The smallest absolute Gasteiger partial charge is 0.141 e. The molecule has 1 aliphatic carbocycles. The normalized spacial score (nSPS) is 23.9. The van der Waals surface area contributed by atoms with Crippen molar-refractivity contribution in [2.45, 2.75) is 39.5 Å². The van der Waals surface area contributed by atoms with Crippen LogP contribution in [-0.2, 0) is 12.8 Å². The molecule has 4 heteroatoms. The van der Waals surface area contributed by atoms with Gasteiger partial charge in [-0.05, 0) is 30.2 Å². The Labute approximate surface area is 110 Å². The summed E-state index contributed by atoms with van der Waals surface area (Å²) in [4.78, 5) is 11.0. The lowest BCUT2D eigenvalue weighted by Crippen LogP contribution is -2.23. The Bertz CT molecular complexity index is 578. The maximum atomic E-state index is 6.20. The predicted molar refractivity (Wildman–Crippen MR) is 72.8 cm³/mol. The molecule has 0 aliphatic heterocycles. The SMILES string of the molecule is CCC1(C)CCc2c(sc3ncnc(Cl)c23)C1. The monoisotopic (exact) mass is 266 g/mol. The Morgan fingerprint density at radius 1 is 1.47 bits per heavy atom. The maximum absolute atomic E-state index is 6.20. The van der Waals surface area contributed by atoms with Gasteiger partial charge in [0.05, 0.1) is 5.39 Å². The number of aryl methyl sites for hydroxylation is 1. The molecule has 0 saturated carbocycles. The third-order valence-corrected chi connectivity index (χ3v) is 5.47. The Morgan fingerprint density at radius 3 is 3.06 bits per heavy atom. The fourth-order valence-corrected chi connectivity index (χ4v) is 4.32. The van der Waals surface area contributed by atoms with Crippen molar-refractivity contribution in [1.82, 2.24) is 9.97 Å². The van der Waals surface area contributed by atoms with E-state index in [1.807, 2.05) is 0 Å². The number of rotatable bonds is 1. The highest BCUT2D eigenvalue weighted by Crippen LogP contribution is 2.44. The molecule has 0 spiro atoms. The van der Waals surface area contributed by atoms with Gasteiger partial charge in [-0.3, -0.25) is 0 Å². The Balaban J connectivity index is 2.17. The number of fused-ring (bicyclic) bond motifs is 3. The summed E-state index contributed by atoms with van der Waals surface area (Å²) in [6, 6.07) is 0. The molecule has 0 amide bonds. The van der Waals surface area contributed by atoms with Gasteiger partial charge in [0.15, 0.2) is 0 Å². The Hall–Kier alpha value is -0.670. The zero-order chi connectivity index (χ0) is 12.0. The van der Waals surface area contributed by atoms with E-state index in [1.54, 1.807) is 17.7 Å². The topological polar surface area (TPSA) is 25.8 Å². The van der Waals surface area contributed by atoms with Crippen LogP contribution in [0, 0.1) is 5.41 Å². The average Bonchev–Trinajstić information content (AvgIpc) is 2.67. The first-order valence-corrected chi connectivity index (χ1v) is 7.23. The van der Waals surface area contributed by atoms with E-state index in [1.165, 1.54) is 23.3 Å². The van der Waals surface area contributed by atoms with Crippen LogP contribution in [0.2, 0.25) is 5.15 Å². The first-order chi connectivity index (χ1) is 8.13. The molecule has 1 atom stereocenters. The molecule has 90 valence electrons. The van der Waals surface area contributed by atoms with Crippen LogP contribution in [0.25, 0.3) is 10.2 Å².